The van der Waals surface area contributed by atoms with Crippen LogP contribution in [0.2, 0.25) is 5.02 Å². The SMILES string of the molecule is CC1CCN(C(CN)c2ccc(Cl)cc2)CC1. The molecule has 0 saturated carbocycles. The van der Waals surface area contributed by atoms with Crippen LogP contribution in [0.25, 0.3) is 0 Å². The van der Waals surface area contributed by atoms with Crippen LogP contribution >= 0.6 is 11.6 Å². The molecule has 1 atom stereocenters. The molecule has 1 aliphatic rings. The number of benzene rings is 1. The monoisotopic (exact) mass is 252 g/mol. The Balaban J connectivity index is 2.08. The first-order chi connectivity index (χ1) is 8.20. The summed E-state index contributed by atoms with van der Waals surface area (Å²) in [6.07, 6.45) is 2.56. The van der Waals surface area contributed by atoms with Crippen molar-refractivity contribution in [3.63, 3.8) is 0 Å². The van der Waals surface area contributed by atoms with E-state index in [-0.39, 0.29) is 0 Å². The summed E-state index contributed by atoms with van der Waals surface area (Å²) >= 11 is 5.92. The van der Waals surface area contributed by atoms with Gasteiger partial charge in [0.15, 0.2) is 0 Å². The topological polar surface area (TPSA) is 29.3 Å². The third kappa shape index (κ3) is 3.21. The second-order valence-electron chi connectivity index (χ2n) is 5.02. The molecule has 1 aliphatic heterocycles. The van der Waals surface area contributed by atoms with Crippen LogP contribution in [0.15, 0.2) is 24.3 Å². The van der Waals surface area contributed by atoms with Crippen LogP contribution in [0.4, 0.5) is 0 Å². The number of nitrogens with two attached hydrogens (primary N) is 1. The van der Waals surface area contributed by atoms with E-state index in [1.54, 1.807) is 0 Å². The van der Waals surface area contributed by atoms with Crippen LogP contribution in [0.5, 0.6) is 0 Å². The molecule has 0 spiro atoms. The molecular formula is C14H21ClN2. The Hall–Kier alpha value is -0.570. The molecule has 0 aromatic heterocycles. The molecule has 1 fully saturated rings. The van der Waals surface area contributed by atoms with Crippen molar-refractivity contribution in [3.05, 3.63) is 34.9 Å². The minimum Gasteiger partial charge on any atom is -0.329 e. The molecule has 1 aromatic carbocycles. The molecule has 0 aliphatic carbocycles. The number of nitrogens with zero attached hydrogens (tertiary/aromatic N) is 1. The zero-order chi connectivity index (χ0) is 12.3. The fourth-order valence-corrected chi connectivity index (χ4v) is 2.65. The van der Waals surface area contributed by atoms with Gasteiger partial charge in [-0.25, -0.2) is 0 Å². The van der Waals surface area contributed by atoms with Gasteiger partial charge in [0.25, 0.3) is 0 Å². The van der Waals surface area contributed by atoms with Crippen molar-refractivity contribution < 1.29 is 0 Å². The van der Waals surface area contributed by atoms with Crippen molar-refractivity contribution in [3.8, 4) is 0 Å². The highest BCUT2D eigenvalue weighted by Gasteiger charge is 2.23. The van der Waals surface area contributed by atoms with E-state index in [1.165, 1.54) is 18.4 Å². The summed E-state index contributed by atoms with van der Waals surface area (Å²) in [6, 6.07) is 8.44. The number of hydrogen-bond acceptors (Lipinski definition) is 2. The Labute approximate surface area is 109 Å². The van der Waals surface area contributed by atoms with Crippen LogP contribution in [0.1, 0.15) is 31.4 Å². The molecular weight excluding hydrogens is 232 g/mol. The third-order valence-electron chi connectivity index (χ3n) is 3.74. The predicted molar refractivity (Wildman–Crippen MR) is 73.2 cm³/mol. The Morgan fingerprint density at radius 1 is 1.29 bits per heavy atom. The first-order valence-corrected chi connectivity index (χ1v) is 6.78. The lowest BCUT2D eigenvalue weighted by Gasteiger charge is -2.36. The van der Waals surface area contributed by atoms with E-state index < -0.39 is 0 Å². The van der Waals surface area contributed by atoms with Crippen LogP contribution in [0.3, 0.4) is 0 Å². The van der Waals surface area contributed by atoms with Gasteiger partial charge in [-0.05, 0) is 49.5 Å². The summed E-state index contributed by atoms with van der Waals surface area (Å²) in [5.74, 6) is 0.856. The second-order valence-corrected chi connectivity index (χ2v) is 5.46. The van der Waals surface area contributed by atoms with Crippen molar-refractivity contribution in [2.45, 2.75) is 25.8 Å². The first kappa shape index (κ1) is 12.9. The summed E-state index contributed by atoms with van der Waals surface area (Å²) in [5.41, 5.74) is 7.22. The summed E-state index contributed by atoms with van der Waals surface area (Å²) in [5, 5.41) is 0.789. The quantitative estimate of drug-likeness (QED) is 0.896. The average molecular weight is 253 g/mol. The van der Waals surface area contributed by atoms with E-state index in [0.29, 0.717) is 12.6 Å². The van der Waals surface area contributed by atoms with E-state index in [4.69, 9.17) is 17.3 Å². The van der Waals surface area contributed by atoms with Gasteiger partial charge in [-0.1, -0.05) is 30.7 Å². The largest absolute Gasteiger partial charge is 0.329 e. The van der Waals surface area contributed by atoms with Crippen LogP contribution in [-0.4, -0.2) is 24.5 Å². The Morgan fingerprint density at radius 3 is 2.41 bits per heavy atom. The van der Waals surface area contributed by atoms with Gasteiger partial charge >= 0.3 is 0 Å². The second kappa shape index (κ2) is 5.85. The smallest absolute Gasteiger partial charge is 0.0470 e. The summed E-state index contributed by atoms with van der Waals surface area (Å²) in [7, 11) is 0. The maximum Gasteiger partial charge on any atom is 0.0470 e. The lowest BCUT2D eigenvalue weighted by atomic mass is 9.96. The number of hydrogen-bond donors (Lipinski definition) is 1. The van der Waals surface area contributed by atoms with Crippen LogP contribution < -0.4 is 5.73 Å². The lowest BCUT2D eigenvalue weighted by Crippen LogP contribution is -2.39. The van der Waals surface area contributed by atoms with Crippen molar-refractivity contribution in [2.24, 2.45) is 11.7 Å². The van der Waals surface area contributed by atoms with Gasteiger partial charge in [-0.3, -0.25) is 4.90 Å². The molecule has 0 amide bonds. The molecule has 2 N–H and O–H groups in total. The number of likely N-dealkylation sites (tertiary alicyclic amines) is 1. The Kier molecular flexibility index (Phi) is 4.43. The molecule has 17 heavy (non-hydrogen) atoms. The highest BCUT2D eigenvalue weighted by molar-refractivity contribution is 6.30. The molecule has 1 aromatic rings. The third-order valence-corrected chi connectivity index (χ3v) is 3.99. The zero-order valence-corrected chi connectivity index (χ0v) is 11.2. The maximum atomic E-state index is 5.93. The van der Waals surface area contributed by atoms with Crippen LogP contribution in [0, 0.1) is 5.92 Å². The van der Waals surface area contributed by atoms with Gasteiger partial charge in [-0.15, -0.1) is 0 Å². The minimum absolute atomic E-state index is 0.347. The van der Waals surface area contributed by atoms with Gasteiger partial charge in [0.1, 0.15) is 0 Å². The molecule has 94 valence electrons. The molecule has 1 saturated heterocycles. The average Bonchev–Trinajstić information content (AvgIpc) is 2.35. The molecule has 1 heterocycles. The number of halogens is 1. The number of rotatable bonds is 3. The molecule has 0 bridgehead atoms. The zero-order valence-electron chi connectivity index (χ0n) is 10.4. The first-order valence-electron chi connectivity index (χ1n) is 6.40. The van der Waals surface area contributed by atoms with Gasteiger partial charge in [0.05, 0.1) is 0 Å². The standard InChI is InChI=1S/C14H21ClN2/c1-11-6-8-17(9-7-11)14(10-16)12-2-4-13(15)5-3-12/h2-5,11,14H,6-10,16H2,1H3. The van der Waals surface area contributed by atoms with Crippen molar-refractivity contribution in [1.29, 1.82) is 0 Å². The van der Waals surface area contributed by atoms with Gasteiger partial charge < -0.3 is 5.73 Å². The molecule has 2 rings (SSSR count). The Morgan fingerprint density at radius 2 is 1.88 bits per heavy atom. The fraction of sp³-hybridized carbons (Fsp3) is 0.571. The Bertz CT molecular complexity index is 342. The number of piperidine rings is 1. The molecule has 2 nitrogen and oxygen atoms in total. The summed E-state index contributed by atoms with van der Waals surface area (Å²) < 4.78 is 0. The van der Waals surface area contributed by atoms with E-state index in [2.05, 4.69) is 24.0 Å². The fourth-order valence-electron chi connectivity index (χ4n) is 2.52. The van der Waals surface area contributed by atoms with E-state index in [9.17, 15) is 0 Å². The van der Waals surface area contributed by atoms with Crippen molar-refractivity contribution in [2.75, 3.05) is 19.6 Å². The maximum absolute atomic E-state index is 5.93. The lowest BCUT2D eigenvalue weighted by molar-refractivity contribution is 0.141. The van der Waals surface area contributed by atoms with Crippen LogP contribution in [-0.2, 0) is 0 Å². The van der Waals surface area contributed by atoms with Gasteiger partial charge in [0.2, 0.25) is 0 Å². The normalized spacial score (nSPS) is 20.4. The predicted octanol–water partition coefficient (Wildman–Crippen LogP) is 3.07. The van der Waals surface area contributed by atoms with Crippen molar-refractivity contribution >= 4 is 11.6 Å². The van der Waals surface area contributed by atoms with Gasteiger partial charge in [-0.2, -0.15) is 0 Å². The summed E-state index contributed by atoms with van der Waals surface area (Å²) in [4.78, 5) is 2.50. The molecule has 1 unspecified atom stereocenters. The highest BCUT2D eigenvalue weighted by Crippen LogP contribution is 2.26. The molecule has 3 heteroatoms. The van der Waals surface area contributed by atoms with E-state index >= 15 is 0 Å². The minimum atomic E-state index is 0.347. The summed E-state index contributed by atoms with van der Waals surface area (Å²) in [6.45, 7) is 5.32. The van der Waals surface area contributed by atoms with E-state index in [0.717, 1.165) is 24.0 Å². The van der Waals surface area contributed by atoms with Crippen molar-refractivity contribution in [1.82, 2.24) is 4.90 Å². The van der Waals surface area contributed by atoms with E-state index in [1.807, 2.05) is 12.1 Å². The highest BCUT2D eigenvalue weighted by atomic mass is 35.5. The molecule has 0 radical (unpaired) electrons. The van der Waals surface area contributed by atoms with Gasteiger partial charge in [0, 0.05) is 17.6 Å².